The number of ketones is 1. The van der Waals surface area contributed by atoms with Gasteiger partial charge in [-0.05, 0) is 48.2 Å². The average Bonchev–Trinajstić information content (AvgIpc) is 3.54. The Hall–Kier alpha value is -5.78. The molecular formula is C37H42N6O6. The Bertz CT molecular complexity index is 1710. The lowest BCUT2D eigenvalue weighted by atomic mass is 9.99. The van der Waals surface area contributed by atoms with Gasteiger partial charge in [0.25, 0.3) is 5.91 Å². The number of Topliss-reactive ketones (excluding diaryl/α,β-unsaturated/α-hetero) is 1. The van der Waals surface area contributed by atoms with Gasteiger partial charge < -0.3 is 26.0 Å². The number of hydrogen-bond acceptors (Lipinski definition) is 7. The Morgan fingerprint density at radius 2 is 1.33 bits per heavy atom. The molecule has 4 N–H and O–H groups in total. The fraction of sp³-hybridized carbons (Fsp3) is 0.297. The number of benzene rings is 3. The van der Waals surface area contributed by atoms with E-state index in [9.17, 15) is 24.0 Å². The molecule has 3 unspecified atom stereocenters. The van der Waals surface area contributed by atoms with E-state index in [-0.39, 0.29) is 31.7 Å². The van der Waals surface area contributed by atoms with E-state index in [4.69, 9.17) is 4.74 Å². The summed E-state index contributed by atoms with van der Waals surface area (Å²) in [6.45, 7) is 1.66. The van der Waals surface area contributed by atoms with E-state index in [0.717, 1.165) is 16.8 Å². The predicted octanol–water partition coefficient (Wildman–Crippen LogP) is 2.21. The van der Waals surface area contributed by atoms with Crippen LogP contribution in [0.1, 0.15) is 35.7 Å². The van der Waals surface area contributed by atoms with Gasteiger partial charge in [0.15, 0.2) is 0 Å². The summed E-state index contributed by atoms with van der Waals surface area (Å²) in [7, 11) is 3.32. The van der Waals surface area contributed by atoms with Crippen LogP contribution >= 0.6 is 0 Å². The van der Waals surface area contributed by atoms with Gasteiger partial charge in [0, 0.05) is 44.7 Å². The first kappa shape index (κ1) is 36.1. The number of nitrogens with zero attached hydrogens (tertiary/aromatic N) is 2. The monoisotopic (exact) mass is 666 g/mol. The molecular weight excluding hydrogens is 624 g/mol. The van der Waals surface area contributed by atoms with Crippen LogP contribution in [0.2, 0.25) is 0 Å². The number of carbonyl (C=O) groups excluding carboxylic acids is 5. The molecule has 0 saturated carbocycles. The molecule has 0 aliphatic heterocycles. The molecule has 12 nitrogen and oxygen atoms in total. The van der Waals surface area contributed by atoms with Crippen LogP contribution in [-0.2, 0) is 56.8 Å². The van der Waals surface area contributed by atoms with Crippen molar-refractivity contribution in [1.29, 1.82) is 0 Å². The van der Waals surface area contributed by atoms with Gasteiger partial charge in [0.1, 0.15) is 23.9 Å². The second kappa shape index (κ2) is 17.9. The van der Waals surface area contributed by atoms with Crippen LogP contribution in [0.15, 0.2) is 97.2 Å². The van der Waals surface area contributed by atoms with Crippen LogP contribution in [0.3, 0.4) is 0 Å². The Morgan fingerprint density at radius 1 is 0.735 bits per heavy atom. The highest BCUT2D eigenvalue weighted by atomic mass is 16.5. The Balaban J connectivity index is 1.48. The zero-order valence-corrected chi connectivity index (χ0v) is 27.8. The fourth-order valence-electron chi connectivity index (χ4n) is 5.13. The van der Waals surface area contributed by atoms with Crippen LogP contribution in [-0.4, -0.2) is 64.4 Å². The zero-order valence-electron chi connectivity index (χ0n) is 27.8. The van der Waals surface area contributed by atoms with Gasteiger partial charge in [-0.15, -0.1) is 0 Å². The zero-order chi connectivity index (χ0) is 35.2. The van der Waals surface area contributed by atoms with Crippen LogP contribution in [0.25, 0.3) is 0 Å². The molecule has 49 heavy (non-hydrogen) atoms. The Kier molecular flexibility index (Phi) is 13.2. The van der Waals surface area contributed by atoms with Crippen molar-refractivity contribution < 1.29 is 28.7 Å². The van der Waals surface area contributed by atoms with Crippen molar-refractivity contribution in [2.45, 2.75) is 57.3 Å². The molecule has 0 bridgehead atoms. The summed E-state index contributed by atoms with van der Waals surface area (Å²) >= 11 is 0. The normalized spacial score (nSPS) is 12.6. The first-order chi connectivity index (χ1) is 23.6. The second-order valence-corrected chi connectivity index (χ2v) is 11.6. The maximum Gasteiger partial charge on any atom is 0.289 e. The van der Waals surface area contributed by atoms with Gasteiger partial charge in [-0.25, -0.2) is 0 Å². The quantitative estimate of drug-likeness (QED) is 0.126. The smallest absolute Gasteiger partial charge is 0.289 e. The third-order valence-electron chi connectivity index (χ3n) is 7.97. The van der Waals surface area contributed by atoms with Crippen molar-refractivity contribution in [1.82, 2.24) is 31.0 Å². The van der Waals surface area contributed by atoms with E-state index >= 15 is 0 Å². The number of methoxy groups -OCH3 is 1. The highest BCUT2D eigenvalue weighted by Crippen LogP contribution is 2.14. The number of aromatic nitrogens is 2. The Morgan fingerprint density at radius 3 is 1.94 bits per heavy atom. The molecule has 3 aromatic carbocycles. The van der Waals surface area contributed by atoms with E-state index in [2.05, 4.69) is 26.4 Å². The molecule has 256 valence electrons. The number of nitrogens with one attached hydrogen (secondary N) is 4. The van der Waals surface area contributed by atoms with E-state index in [1.807, 2.05) is 42.5 Å². The van der Waals surface area contributed by atoms with E-state index < -0.39 is 41.6 Å². The van der Waals surface area contributed by atoms with Gasteiger partial charge in [-0.2, -0.15) is 5.10 Å². The first-order valence-corrected chi connectivity index (χ1v) is 16.0. The molecule has 4 amide bonds. The summed E-state index contributed by atoms with van der Waals surface area (Å²) in [5, 5.41) is 14.9. The number of rotatable bonds is 17. The third-order valence-corrected chi connectivity index (χ3v) is 7.97. The molecule has 12 heteroatoms. The summed E-state index contributed by atoms with van der Waals surface area (Å²) in [4.78, 5) is 66.4. The second-order valence-electron chi connectivity index (χ2n) is 11.6. The van der Waals surface area contributed by atoms with Crippen molar-refractivity contribution >= 4 is 29.4 Å². The largest absolute Gasteiger partial charge is 0.497 e. The van der Waals surface area contributed by atoms with E-state index in [0.29, 0.717) is 17.7 Å². The molecule has 0 radical (unpaired) electrons. The van der Waals surface area contributed by atoms with Gasteiger partial charge in [-0.3, -0.25) is 28.7 Å². The molecule has 0 aliphatic carbocycles. The standard InChI is InChI=1S/C37H42N6O6/c1-25(40-33(44)19-16-29-20-21-39-43(29)2)35(46)42-32(23-27-14-17-30(49-3)18-15-27)36(47)41-31(22-26-10-6-4-7-11-26)34(45)37(48)38-24-28-12-8-5-9-13-28/h4-15,17-18,20-21,25,31-32H,16,19,22-24H2,1-3H3,(H,38,48)(H,40,44)(H,41,47)(H,42,46). The maximum atomic E-state index is 13.9. The SMILES string of the molecule is COc1ccc(CC(NC(=O)C(C)NC(=O)CCc2ccnn2C)C(=O)NC(Cc2ccccc2)C(=O)C(=O)NCc2ccccc2)cc1. The molecule has 1 aromatic heterocycles. The van der Waals surface area contributed by atoms with Crippen LogP contribution < -0.4 is 26.0 Å². The van der Waals surface area contributed by atoms with Gasteiger partial charge in [-0.1, -0.05) is 72.8 Å². The molecule has 0 saturated heterocycles. The predicted molar refractivity (Wildman–Crippen MR) is 183 cm³/mol. The van der Waals surface area contributed by atoms with Crippen LogP contribution in [0.4, 0.5) is 0 Å². The lowest BCUT2D eigenvalue weighted by Crippen LogP contribution is -2.57. The van der Waals surface area contributed by atoms with Crippen molar-refractivity contribution in [2.75, 3.05) is 7.11 Å². The van der Waals surface area contributed by atoms with Crippen molar-refractivity contribution in [2.24, 2.45) is 7.05 Å². The van der Waals surface area contributed by atoms with E-state index in [1.54, 1.807) is 66.5 Å². The maximum absolute atomic E-state index is 13.9. The van der Waals surface area contributed by atoms with Gasteiger partial charge >= 0.3 is 0 Å². The third kappa shape index (κ3) is 11.2. The molecule has 3 atom stereocenters. The minimum atomic E-state index is -1.22. The highest BCUT2D eigenvalue weighted by molar-refractivity contribution is 6.38. The minimum Gasteiger partial charge on any atom is -0.497 e. The summed E-state index contributed by atoms with van der Waals surface area (Å²) in [5.74, 6) is -2.64. The highest BCUT2D eigenvalue weighted by Gasteiger charge is 2.31. The summed E-state index contributed by atoms with van der Waals surface area (Å²) < 4.78 is 6.92. The molecule has 0 spiro atoms. The van der Waals surface area contributed by atoms with Crippen molar-refractivity contribution in [3.63, 3.8) is 0 Å². The summed E-state index contributed by atoms with van der Waals surface area (Å²) in [6.07, 6.45) is 2.34. The topological polar surface area (TPSA) is 161 Å². The average molecular weight is 667 g/mol. The molecule has 0 fully saturated rings. The number of ether oxygens (including phenoxy) is 1. The van der Waals surface area contributed by atoms with Gasteiger partial charge in [0.2, 0.25) is 23.5 Å². The number of hydrogen-bond donors (Lipinski definition) is 4. The molecule has 1 heterocycles. The number of aryl methyl sites for hydroxylation is 2. The lowest BCUT2D eigenvalue weighted by Gasteiger charge is -2.24. The van der Waals surface area contributed by atoms with E-state index in [1.165, 1.54) is 14.0 Å². The van der Waals surface area contributed by atoms with Gasteiger partial charge in [0.05, 0.1) is 7.11 Å². The summed E-state index contributed by atoms with van der Waals surface area (Å²) in [5.41, 5.74) is 3.13. The summed E-state index contributed by atoms with van der Waals surface area (Å²) in [6, 6.07) is 23.6. The first-order valence-electron chi connectivity index (χ1n) is 16.0. The van der Waals surface area contributed by atoms with Crippen molar-refractivity contribution in [3.8, 4) is 5.75 Å². The number of amides is 4. The minimum absolute atomic E-state index is 0.0521. The van der Waals surface area contributed by atoms with Crippen LogP contribution in [0, 0.1) is 0 Å². The number of carbonyl (C=O) groups is 5. The van der Waals surface area contributed by atoms with Crippen LogP contribution in [0.5, 0.6) is 5.75 Å². The van der Waals surface area contributed by atoms with Crippen molar-refractivity contribution in [3.05, 3.63) is 120 Å². The Labute approximate surface area is 285 Å². The fourth-order valence-corrected chi connectivity index (χ4v) is 5.13. The molecule has 4 rings (SSSR count). The molecule has 0 aliphatic rings. The lowest BCUT2D eigenvalue weighted by molar-refractivity contribution is -0.140. The molecule has 4 aromatic rings.